The molecule has 0 aromatic heterocycles. The summed E-state index contributed by atoms with van der Waals surface area (Å²) < 4.78 is 0. The number of hydrogen-bond acceptors (Lipinski definition) is 2. The number of aliphatic hydroxyl groups is 2. The minimum Gasteiger partial charge on any atom is -0.393 e. The maximum absolute atomic E-state index is 9.36. The van der Waals surface area contributed by atoms with Gasteiger partial charge in [-0.25, -0.2) is 0 Å². The standard InChI is InChI=1S/C14H30O2/c1-3-13(15)11-9-7-5-6-8-10-12-14(16)4-2/h13-16H,3-12H2,1-2H3. The van der Waals surface area contributed by atoms with E-state index in [9.17, 15) is 10.2 Å². The van der Waals surface area contributed by atoms with Gasteiger partial charge in [-0.05, 0) is 25.7 Å². The molecule has 2 heteroatoms. The average Bonchev–Trinajstić information content (AvgIpc) is 2.31. The summed E-state index contributed by atoms with van der Waals surface area (Å²) >= 11 is 0. The zero-order valence-corrected chi connectivity index (χ0v) is 11.1. The van der Waals surface area contributed by atoms with Crippen LogP contribution in [-0.2, 0) is 0 Å². The molecule has 0 fully saturated rings. The highest BCUT2D eigenvalue weighted by Gasteiger charge is 2.01. The van der Waals surface area contributed by atoms with E-state index in [0.717, 1.165) is 38.5 Å². The second-order valence-electron chi connectivity index (χ2n) is 4.82. The highest BCUT2D eigenvalue weighted by atomic mass is 16.3. The van der Waals surface area contributed by atoms with E-state index in [0.29, 0.717) is 0 Å². The normalized spacial score (nSPS) is 15.0. The molecule has 0 saturated heterocycles. The van der Waals surface area contributed by atoms with Gasteiger partial charge in [-0.3, -0.25) is 0 Å². The van der Waals surface area contributed by atoms with Gasteiger partial charge in [0.1, 0.15) is 0 Å². The summed E-state index contributed by atoms with van der Waals surface area (Å²) in [5.74, 6) is 0. The Bertz CT molecular complexity index is 121. The first kappa shape index (κ1) is 15.9. The molecule has 16 heavy (non-hydrogen) atoms. The predicted molar refractivity (Wildman–Crippen MR) is 69.5 cm³/mol. The van der Waals surface area contributed by atoms with Crippen LogP contribution in [0.15, 0.2) is 0 Å². The molecule has 98 valence electrons. The number of aliphatic hydroxyl groups excluding tert-OH is 2. The summed E-state index contributed by atoms with van der Waals surface area (Å²) in [5.41, 5.74) is 0. The van der Waals surface area contributed by atoms with Crippen LogP contribution in [0.5, 0.6) is 0 Å². The van der Waals surface area contributed by atoms with E-state index in [1.807, 2.05) is 13.8 Å². The number of rotatable bonds is 11. The van der Waals surface area contributed by atoms with E-state index < -0.39 is 0 Å². The quantitative estimate of drug-likeness (QED) is 0.532. The van der Waals surface area contributed by atoms with Gasteiger partial charge in [-0.15, -0.1) is 0 Å². The van der Waals surface area contributed by atoms with Crippen molar-refractivity contribution in [3.05, 3.63) is 0 Å². The van der Waals surface area contributed by atoms with Crippen molar-refractivity contribution in [2.45, 2.75) is 90.3 Å². The molecule has 0 aliphatic heterocycles. The molecule has 0 saturated carbocycles. The van der Waals surface area contributed by atoms with Crippen LogP contribution in [0.1, 0.15) is 78.1 Å². The van der Waals surface area contributed by atoms with Crippen LogP contribution in [0.25, 0.3) is 0 Å². The third kappa shape index (κ3) is 10.4. The average molecular weight is 230 g/mol. The van der Waals surface area contributed by atoms with Crippen molar-refractivity contribution in [1.82, 2.24) is 0 Å². The first-order valence-corrected chi connectivity index (χ1v) is 7.06. The summed E-state index contributed by atoms with van der Waals surface area (Å²) in [7, 11) is 0. The van der Waals surface area contributed by atoms with Crippen LogP contribution in [0, 0.1) is 0 Å². The zero-order valence-electron chi connectivity index (χ0n) is 11.1. The fourth-order valence-electron chi connectivity index (χ4n) is 1.88. The van der Waals surface area contributed by atoms with Gasteiger partial charge in [0.25, 0.3) is 0 Å². The van der Waals surface area contributed by atoms with E-state index in [-0.39, 0.29) is 12.2 Å². The summed E-state index contributed by atoms with van der Waals surface area (Å²) in [6, 6.07) is 0. The topological polar surface area (TPSA) is 40.5 Å². The smallest absolute Gasteiger partial charge is 0.0537 e. The molecular weight excluding hydrogens is 200 g/mol. The number of hydrogen-bond donors (Lipinski definition) is 2. The van der Waals surface area contributed by atoms with Crippen LogP contribution in [0.3, 0.4) is 0 Å². The van der Waals surface area contributed by atoms with Gasteiger partial charge >= 0.3 is 0 Å². The maximum Gasteiger partial charge on any atom is 0.0537 e. The molecule has 0 aromatic carbocycles. The van der Waals surface area contributed by atoms with Crippen LogP contribution in [0.4, 0.5) is 0 Å². The third-order valence-corrected chi connectivity index (χ3v) is 3.27. The van der Waals surface area contributed by atoms with Crippen molar-refractivity contribution in [2.24, 2.45) is 0 Å². The Morgan fingerprint density at radius 1 is 0.625 bits per heavy atom. The molecule has 0 aliphatic carbocycles. The first-order chi connectivity index (χ1) is 7.70. The van der Waals surface area contributed by atoms with Gasteiger partial charge in [-0.2, -0.15) is 0 Å². The van der Waals surface area contributed by atoms with E-state index >= 15 is 0 Å². The van der Waals surface area contributed by atoms with Crippen LogP contribution in [0.2, 0.25) is 0 Å². The fourth-order valence-corrected chi connectivity index (χ4v) is 1.88. The lowest BCUT2D eigenvalue weighted by Crippen LogP contribution is -2.03. The Kier molecular flexibility index (Phi) is 11.3. The number of unbranched alkanes of at least 4 members (excludes halogenated alkanes) is 5. The SMILES string of the molecule is CCC(O)CCCCCCCCC(O)CC. The molecule has 2 unspecified atom stereocenters. The lowest BCUT2D eigenvalue weighted by molar-refractivity contribution is 0.154. The highest BCUT2D eigenvalue weighted by molar-refractivity contribution is 4.55. The Hall–Kier alpha value is -0.0800. The Labute approximate surface area is 101 Å². The summed E-state index contributed by atoms with van der Waals surface area (Å²) in [4.78, 5) is 0. The van der Waals surface area contributed by atoms with Crippen molar-refractivity contribution in [3.8, 4) is 0 Å². The largest absolute Gasteiger partial charge is 0.393 e. The molecule has 0 bridgehead atoms. The van der Waals surface area contributed by atoms with E-state index in [1.54, 1.807) is 0 Å². The molecular formula is C14H30O2. The van der Waals surface area contributed by atoms with Crippen LogP contribution in [-0.4, -0.2) is 22.4 Å². The molecule has 2 N–H and O–H groups in total. The molecule has 0 aliphatic rings. The predicted octanol–water partition coefficient (Wildman–Crippen LogP) is 3.65. The molecule has 0 rings (SSSR count). The fraction of sp³-hybridized carbons (Fsp3) is 1.00. The van der Waals surface area contributed by atoms with Crippen LogP contribution < -0.4 is 0 Å². The lowest BCUT2D eigenvalue weighted by atomic mass is 10.0. The van der Waals surface area contributed by atoms with Gasteiger partial charge < -0.3 is 10.2 Å². The Morgan fingerprint density at radius 2 is 0.938 bits per heavy atom. The van der Waals surface area contributed by atoms with Gasteiger partial charge in [0.2, 0.25) is 0 Å². The molecule has 0 heterocycles. The van der Waals surface area contributed by atoms with Crippen molar-refractivity contribution in [2.75, 3.05) is 0 Å². The monoisotopic (exact) mass is 230 g/mol. The highest BCUT2D eigenvalue weighted by Crippen LogP contribution is 2.12. The minimum atomic E-state index is -0.0836. The zero-order chi connectivity index (χ0) is 12.2. The molecule has 0 spiro atoms. The van der Waals surface area contributed by atoms with Gasteiger partial charge in [-0.1, -0.05) is 52.4 Å². The van der Waals surface area contributed by atoms with Crippen LogP contribution >= 0.6 is 0 Å². The molecule has 2 nitrogen and oxygen atoms in total. The first-order valence-electron chi connectivity index (χ1n) is 7.06. The van der Waals surface area contributed by atoms with E-state index in [1.165, 1.54) is 25.7 Å². The van der Waals surface area contributed by atoms with Crippen molar-refractivity contribution in [1.29, 1.82) is 0 Å². The third-order valence-electron chi connectivity index (χ3n) is 3.27. The Morgan fingerprint density at radius 3 is 1.25 bits per heavy atom. The summed E-state index contributed by atoms with van der Waals surface area (Å²) in [5, 5.41) is 18.7. The Balaban J connectivity index is 3.04. The summed E-state index contributed by atoms with van der Waals surface area (Å²) in [6.45, 7) is 4.06. The second-order valence-corrected chi connectivity index (χ2v) is 4.82. The molecule has 0 amide bonds. The van der Waals surface area contributed by atoms with Crippen molar-refractivity contribution < 1.29 is 10.2 Å². The lowest BCUT2D eigenvalue weighted by Gasteiger charge is -2.08. The minimum absolute atomic E-state index is 0.0836. The maximum atomic E-state index is 9.36. The summed E-state index contributed by atoms with van der Waals surface area (Å²) in [6.07, 6.45) is 10.9. The molecule has 2 atom stereocenters. The molecule has 0 aromatic rings. The van der Waals surface area contributed by atoms with E-state index in [2.05, 4.69) is 0 Å². The van der Waals surface area contributed by atoms with Crippen molar-refractivity contribution in [3.63, 3.8) is 0 Å². The van der Waals surface area contributed by atoms with Gasteiger partial charge in [0.15, 0.2) is 0 Å². The molecule has 0 radical (unpaired) electrons. The van der Waals surface area contributed by atoms with E-state index in [4.69, 9.17) is 0 Å². The second kappa shape index (κ2) is 11.4. The van der Waals surface area contributed by atoms with Gasteiger partial charge in [0.05, 0.1) is 12.2 Å². The van der Waals surface area contributed by atoms with Gasteiger partial charge in [0, 0.05) is 0 Å². The van der Waals surface area contributed by atoms with Crippen molar-refractivity contribution >= 4 is 0 Å².